The predicted octanol–water partition coefficient (Wildman–Crippen LogP) is 3.41. The van der Waals surface area contributed by atoms with Crippen molar-refractivity contribution in [1.82, 2.24) is 9.97 Å². The highest BCUT2D eigenvalue weighted by molar-refractivity contribution is 6.23. The Labute approximate surface area is 132 Å². The first-order valence-electron chi connectivity index (χ1n) is 8.22. The predicted molar refractivity (Wildman–Crippen MR) is 88.8 cm³/mol. The molecule has 0 unspecified atom stereocenters. The van der Waals surface area contributed by atoms with Gasteiger partial charge in [-0.2, -0.15) is 0 Å². The SMILES string of the molecule is CN(c1cnc2c(n1)C(C(=O)C(C)(C)C)=CC2)C1CCCC1. The van der Waals surface area contributed by atoms with Gasteiger partial charge in [-0.3, -0.25) is 9.78 Å². The molecule has 0 spiro atoms. The lowest BCUT2D eigenvalue weighted by Crippen LogP contribution is -2.30. The van der Waals surface area contributed by atoms with Gasteiger partial charge in [0.1, 0.15) is 5.82 Å². The van der Waals surface area contributed by atoms with Crippen LogP contribution in [0.1, 0.15) is 57.8 Å². The number of ketones is 1. The van der Waals surface area contributed by atoms with E-state index in [2.05, 4.69) is 16.9 Å². The first-order chi connectivity index (χ1) is 10.4. The molecule has 0 aromatic carbocycles. The maximum atomic E-state index is 12.6. The van der Waals surface area contributed by atoms with Crippen molar-refractivity contribution in [2.45, 2.75) is 58.9 Å². The number of fused-ring (bicyclic) bond motifs is 1. The molecule has 1 aromatic heterocycles. The fourth-order valence-electron chi connectivity index (χ4n) is 3.32. The average molecular weight is 299 g/mol. The van der Waals surface area contributed by atoms with E-state index in [9.17, 15) is 4.79 Å². The summed E-state index contributed by atoms with van der Waals surface area (Å²) < 4.78 is 0. The molecule has 1 heterocycles. The van der Waals surface area contributed by atoms with Crippen LogP contribution in [-0.2, 0) is 11.2 Å². The Balaban J connectivity index is 1.90. The Bertz CT molecular complexity index is 622. The maximum absolute atomic E-state index is 12.6. The molecule has 118 valence electrons. The van der Waals surface area contributed by atoms with E-state index in [0.717, 1.165) is 22.8 Å². The molecule has 0 aliphatic heterocycles. The summed E-state index contributed by atoms with van der Waals surface area (Å²) in [4.78, 5) is 24.2. The number of Topliss-reactive ketones (excluding diaryl/α,β-unsaturated/α-hetero) is 1. The van der Waals surface area contributed by atoms with Crippen molar-refractivity contribution in [3.05, 3.63) is 23.7 Å². The molecule has 0 N–H and O–H groups in total. The monoisotopic (exact) mass is 299 g/mol. The Morgan fingerprint density at radius 3 is 2.59 bits per heavy atom. The lowest BCUT2D eigenvalue weighted by atomic mass is 9.86. The quantitative estimate of drug-likeness (QED) is 0.858. The van der Waals surface area contributed by atoms with E-state index in [4.69, 9.17) is 4.98 Å². The number of hydrogen-bond donors (Lipinski definition) is 0. The number of allylic oxidation sites excluding steroid dienone is 2. The molecule has 3 rings (SSSR count). The van der Waals surface area contributed by atoms with Gasteiger partial charge in [0, 0.05) is 30.5 Å². The Kier molecular flexibility index (Phi) is 3.79. The fraction of sp³-hybridized carbons (Fsp3) is 0.611. The summed E-state index contributed by atoms with van der Waals surface area (Å²) in [6, 6.07) is 0.555. The third-order valence-electron chi connectivity index (χ3n) is 4.75. The van der Waals surface area contributed by atoms with Crippen LogP contribution in [0.4, 0.5) is 5.82 Å². The topological polar surface area (TPSA) is 46.1 Å². The van der Waals surface area contributed by atoms with Crippen molar-refractivity contribution in [2.75, 3.05) is 11.9 Å². The zero-order valence-electron chi connectivity index (χ0n) is 14.0. The highest BCUT2D eigenvalue weighted by Gasteiger charge is 2.31. The van der Waals surface area contributed by atoms with Crippen molar-refractivity contribution in [1.29, 1.82) is 0 Å². The number of hydrogen-bond acceptors (Lipinski definition) is 4. The van der Waals surface area contributed by atoms with Crippen molar-refractivity contribution in [3.63, 3.8) is 0 Å². The van der Waals surface area contributed by atoms with Crippen molar-refractivity contribution in [3.8, 4) is 0 Å². The number of aromatic nitrogens is 2. The molecule has 2 aliphatic rings. The molecule has 2 aliphatic carbocycles. The molecular formula is C18H25N3O. The normalized spacial score (nSPS) is 18.3. The van der Waals surface area contributed by atoms with Gasteiger partial charge >= 0.3 is 0 Å². The summed E-state index contributed by atoms with van der Waals surface area (Å²) in [5, 5.41) is 0. The molecule has 22 heavy (non-hydrogen) atoms. The van der Waals surface area contributed by atoms with E-state index in [0.29, 0.717) is 12.5 Å². The first kappa shape index (κ1) is 15.2. The largest absolute Gasteiger partial charge is 0.355 e. The number of carbonyl (C=O) groups is 1. The van der Waals surface area contributed by atoms with Gasteiger partial charge in [0.05, 0.1) is 17.6 Å². The van der Waals surface area contributed by atoms with Crippen LogP contribution >= 0.6 is 0 Å². The lowest BCUT2D eigenvalue weighted by molar-refractivity contribution is -0.120. The minimum atomic E-state index is -0.386. The molecule has 0 amide bonds. The number of anilines is 1. The van der Waals surface area contributed by atoms with Gasteiger partial charge in [0.2, 0.25) is 0 Å². The van der Waals surface area contributed by atoms with E-state index >= 15 is 0 Å². The molecule has 0 bridgehead atoms. The second-order valence-corrected chi connectivity index (χ2v) is 7.47. The Morgan fingerprint density at radius 1 is 1.27 bits per heavy atom. The second kappa shape index (κ2) is 5.49. The van der Waals surface area contributed by atoms with Crippen LogP contribution in [0.2, 0.25) is 0 Å². The van der Waals surface area contributed by atoms with Crippen LogP contribution in [-0.4, -0.2) is 28.8 Å². The van der Waals surface area contributed by atoms with Gasteiger partial charge < -0.3 is 4.90 Å². The number of rotatable bonds is 3. The molecule has 0 atom stereocenters. The van der Waals surface area contributed by atoms with Gasteiger partial charge in [-0.05, 0) is 12.8 Å². The van der Waals surface area contributed by atoms with Crippen LogP contribution < -0.4 is 4.90 Å². The second-order valence-electron chi connectivity index (χ2n) is 7.47. The van der Waals surface area contributed by atoms with Gasteiger partial charge in [0.25, 0.3) is 0 Å². The summed E-state index contributed by atoms with van der Waals surface area (Å²) in [7, 11) is 2.09. The van der Waals surface area contributed by atoms with E-state index < -0.39 is 0 Å². The Morgan fingerprint density at radius 2 is 1.95 bits per heavy atom. The van der Waals surface area contributed by atoms with Crippen LogP contribution in [0.25, 0.3) is 5.57 Å². The third kappa shape index (κ3) is 2.67. The maximum Gasteiger partial charge on any atom is 0.170 e. The minimum Gasteiger partial charge on any atom is -0.355 e. The molecule has 4 nitrogen and oxygen atoms in total. The standard InChI is InChI=1S/C18H25N3O/c1-18(2,3)17(22)13-9-10-14-16(13)20-15(11-19-14)21(4)12-7-5-6-8-12/h9,11-12H,5-8,10H2,1-4H3. The number of carbonyl (C=O) groups excluding carboxylic acids is 1. The Hall–Kier alpha value is -1.71. The van der Waals surface area contributed by atoms with Gasteiger partial charge in [-0.15, -0.1) is 0 Å². The average Bonchev–Trinajstić information content (AvgIpc) is 3.13. The molecule has 1 saturated carbocycles. The molecule has 0 saturated heterocycles. The molecular weight excluding hydrogens is 274 g/mol. The van der Waals surface area contributed by atoms with Crippen LogP contribution in [0.3, 0.4) is 0 Å². The molecule has 4 heteroatoms. The molecule has 1 aromatic rings. The first-order valence-corrected chi connectivity index (χ1v) is 8.22. The summed E-state index contributed by atoms with van der Waals surface area (Å²) in [6.07, 6.45) is 9.58. The van der Waals surface area contributed by atoms with Crippen LogP contribution in [0, 0.1) is 5.41 Å². The summed E-state index contributed by atoms with van der Waals surface area (Å²) in [6.45, 7) is 5.86. The van der Waals surface area contributed by atoms with Crippen molar-refractivity contribution in [2.24, 2.45) is 5.41 Å². The van der Waals surface area contributed by atoms with Gasteiger partial charge in [-0.1, -0.05) is 39.7 Å². The van der Waals surface area contributed by atoms with E-state index in [1.54, 1.807) is 0 Å². The van der Waals surface area contributed by atoms with E-state index in [-0.39, 0.29) is 11.2 Å². The third-order valence-corrected chi connectivity index (χ3v) is 4.75. The zero-order valence-corrected chi connectivity index (χ0v) is 14.0. The minimum absolute atomic E-state index is 0.154. The molecule has 1 fully saturated rings. The van der Waals surface area contributed by atoms with Crippen LogP contribution in [0.15, 0.2) is 12.3 Å². The zero-order chi connectivity index (χ0) is 15.9. The van der Waals surface area contributed by atoms with Crippen LogP contribution in [0.5, 0.6) is 0 Å². The van der Waals surface area contributed by atoms with Crippen molar-refractivity contribution >= 4 is 17.2 Å². The van der Waals surface area contributed by atoms with Gasteiger partial charge in [-0.25, -0.2) is 4.98 Å². The summed E-state index contributed by atoms with van der Waals surface area (Å²) in [5.74, 6) is 1.04. The smallest absolute Gasteiger partial charge is 0.170 e. The van der Waals surface area contributed by atoms with Crippen molar-refractivity contribution < 1.29 is 4.79 Å². The molecule has 0 radical (unpaired) electrons. The summed E-state index contributed by atoms with van der Waals surface area (Å²) >= 11 is 0. The number of nitrogens with zero attached hydrogens (tertiary/aromatic N) is 3. The van der Waals surface area contributed by atoms with E-state index in [1.165, 1.54) is 25.7 Å². The highest BCUT2D eigenvalue weighted by atomic mass is 16.1. The van der Waals surface area contributed by atoms with E-state index in [1.807, 2.05) is 33.0 Å². The highest BCUT2D eigenvalue weighted by Crippen LogP contribution is 2.33. The fourth-order valence-corrected chi connectivity index (χ4v) is 3.32. The lowest BCUT2D eigenvalue weighted by Gasteiger charge is -2.26. The summed E-state index contributed by atoms with van der Waals surface area (Å²) in [5.41, 5.74) is 2.08. The van der Waals surface area contributed by atoms with Gasteiger partial charge in [0.15, 0.2) is 5.78 Å².